The highest BCUT2D eigenvalue weighted by atomic mass is 19.4. The van der Waals surface area contributed by atoms with E-state index < -0.39 is 45.8 Å². The number of nitrogens with one attached hydrogen (secondary N) is 1. The molecule has 6 aromatic rings. The van der Waals surface area contributed by atoms with Gasteiger partial charge in [-0.25, -0.2) is 9.50 Å². The van der Waals surface area contributed by atoms with Gasteiger partial charge in [-0.1, -0.05) is 48.5 Å². The third-order valence-corrected chi connectivity index (χ3v) is 6.83. The number of fused-ring (bicyclic) bond motifs is 2. The number of ether oxygens (including phenoxy) is 1. The molecule has 1 N–H and O–H groups in total. The van der Waals surface area contributed by atoms with Crippen LogP contribution in [0.2, 0.25) is 0 Å². The van der Waals surface area contributed by atoms with Gasteiger partial charge >= 0.3 is 12.4 Å². The van der Waals surface area contributed by atoms with E-state index in [2.05, 4.69) is 15.4 Å². The van der Waals surface area contributed by atoms with E-state index in [1.54, 1.807) is 42.5 Å². The van der Waals surface area contributed by atoms with Crippen molar-refractivity contribution in [1.29, 1.82) is 0 Å². The summed E-state index contributed by atoms with van der Waals surface area (Å²) in [5, 5.41) is 19.1. The van der Waals surface area contributed by atoms with E-state index in [0.717, 1.165) is 48.0 Å². The molecule has 9 nitrogen and oxygen atoms in total. The zero-order chi connectivity index (χ0) is 32.8. The fourth-order valence-corrected chi connectivity index (χ4v) is 4.80. The molecular weight excluding hydrogens is 620 g/mol. The van der Waals surface area contributed by atoms with Crippen molar-refractivity contribution < 1.29 is 40.8 Å². The van der Waals surface area contributed by atoms with Crippen molar-refractivity contribution in [2.75, 3.05) is 5.32 Å². The van der Waals surface area contributed by atoms with Gasteiger partial charge in [0.25, 0.3) is 11.6 Å². The second-order valence-corrected chi connectivity index (χ2v) is 9.90. The molecule has 1 amide bonds. The maximum atomic E-state index is 14.2. The standard InChI is InChI=1S/C31H17F6N5O4/c32-30(33,34)18-7-4-8-21(11-18)46-22-13-19(12-20(14-22)42(44)45)39-29(43)25-16-38-41-27(31(35,36)37)15-26(40-28(25)41)24-10-3-6-17-5-1-2-9-23(17)24/h1-16H,(H,39,43). The van der Waals surface area contributed by atoms with Gasteiger partial charge in [-0.3, -0.25) is 14.9 Å². The molecule has 232 valence electrons. The van der Waals surface area contributed by atoms with Crippen molar-refractivity contribution in [2.45, 2.75) is 12.4 Å². The molecular formula is C31H17F6N5O4. The van der Waals surface area contributed by atoms with Crippen molar-refractivity contribution in [1.82, 2.24) is 14.6 Å². The molecule has 0 atom stereocenters. The lowest BCUT2D eigenvalue weighted by Gasteiger charge is -2.13. The van der Waals surface area contributed by atoms with E-state index in [-0.39, 0.29) is 28.4 Å². The van der Waals surface area contributed by atoms with Gasteiger partial charge in [0, 0.05) is 17.7 Å². The molecule has 0 unspecified atom stereocenters. The van der Waals surface area contributed by atoms with Crippen LogP contribution < -0.4 is 10.1 Å². The predicted octanol–water partition coefficient (Wildman–Crippen LogP) is 8.54. The summed E-state index contributed by atoms with van der Waals surface area (Å²) in [6.07, 6.45) is -8.70. The van der Waals surface area contributed by atoms with Crippen molar-refractivity contribution in [3.8, 4) is 22.8 Å². The van der Waals surface area contributed by atoms with Crippen molar-refractivity contribution in [3.63, 3.8) is 0 Å². The third-order valence-electron chi connectivity index (χ3n) is 6.83. The minimum atomic E-state index is -4.89. The number of amides is 1. The number of benzene rings is 4. The van der Waals surface area contributed by atoms with Crippen LogP contribution in [0.4, 0.5) is 37.7 Å². The molecule has 2 heterocycles. The molecule has 0 bridgehead atoms. The van der Waals surface area contributed by atoms with Crippen molar-refractivity contribution in [3.05, 3.63) is 124 Å². The van der Waals surface area contributed by atoms with Crippen LogP contribution in [-0.2, 0) is 12.4 Å². The summed E-state index contributed by atoms with van der Waals surface area (Å²) >= 11 is 0. The van der Waals surface area contributed by atoms with E-state index in [4.69, 9.17) is 4.74 Å². The molecule has 0 aliphatic heterocycles. The second kappa shape index (κ2) is 11.2. The lowest BCUT2D eigenvalue weighted by atomic mass is 10.0. The smallest absolute Gasteiger partial charge is 0.433 e. The van der Waals surface area contributed by atoms with Crippen molar-refractivity contribution in [2.24, 2.45) is 0 Å². The zero-order valence-electron chi connectivity index (χ0n) is 22.9. The Morgan fingerprint density at radius 3 is 2.33 bits per heavy atom. The molecule has 0 saturated heterocycles. The van der Waals surface area contributed by atoms with Crippen LogP contribution in [0, 0.1) is 10.1 Å². The van der Waals surface area contributed by atoms with Gasteiger partial charge in [-0.2, -0.15) is 31.4 Å². The Bertz CT molecular complexity index is 2160. The number of carbonyl (C=O) groups excluding carboxylic acids is 1. The summed E-state index contributed by atoms with van der Waals surface area (Å²) in [4.78, 5) is 28.5. The number of aromatic nitrogens is 3. The van der Waals surface area contributed by atoms with E-state index in [1.807, 2.05) is 0 Å². The van der Waals surface area contributed by atoms with E-state index >= 15 is 0 Å². The van der Waals surface area contributed by atoms with E-state index in [1.165, 1.54) is 6.07 Å². The number of carbonyl (C=O) groups is 1. The highest BCUT2D eigenvalue weighted by Crippen LogP contribution is 2.37. The highest BCUT2D eigenvalue weighted by Gasteiger charge is 2.36. The van der Waals surface area contributed by atoms with Crippen LogP contribution in [-0.4, -0.2) is 25.4 Å². The van der Waals surface area contributed by atoms with Crippen LogP contribution in [0.5, 0.6) is 11.5 Å². The SMILES string of the molecule is O=C(Nc1cc(Oc2cccc(C(F)(F)F)c2)cc([N+](=O)[O-])c1)c1cnn2c(C(F)(F)F)cc(-c3cccc4ccccc34)nc12. The van der Waals surface area contributed by atoms with Crippen molar-refractivity contribution >= 4 is 33.7 Å². The third kappa shape index (κ3) is 5.89. The van der Waals surface area contributed by atoms with Crippen LogP contribution in [0.3, 0.4) is 0 Å². The number of nitrogens with zero attached hydrogens (tertiary/aromatic N) is 4. The topological polar surface area (TPSA) is 112 Å². The van der Waals surface area contributed by atoms with Crippen LogP contribution >= 0.6 is 0 Å². The van der Waals surface area contributed by atoms with Gasteiger partial charge in [0.2, 0.25) is 0 Å². The van der Waals surface area contributed by atoms with E-state index in [9.17, 15) is 41.3 Å². The van der Waals surface area contributed by atoms with Crippen LogP contribution in [0.15, 0.2) is 97.2 Å². The molecule has 0 saturated carbocycles. The van der Waals surface area contributed by atoms with Gasteiger partial charge in [0.15, 0.2) is 11.3 Å². The molecule has 2 aromatic heterocycles. The molecule has 0 spiro atoms. The fraction of sp³-hybridized carbons (Fsp3) is 0.0645. The van der Waals surface area contributed by atoms with Gasteiger partial charge in [-0.05, 0) is 35.0 Å². The maximum absolute atomic E-state index is 14.2. The first-order valence-corrected chi connectivity index (χ1v) is 13.2. The summed E-state index contributed by atoms with van der Waals surface area (Å²) in [7, 11) is 0. The average molecular weight is 637 g/mol. The minimum Gasteiger partial charge on any atom is -0.457 e. The molecule has 0 fully saturated rings. The molecule has 46 heavy (non-hydrogen) atoms. The molecule has 0 radical (unpaired) electrons. The Morgan fingerprint density at radius 2 is 1.59 bits per heavy atom. The summed E-state index contributed by atoms with van der Waals surface area (Å²) in [6.45, 7) is 0. The maximum Gasteiger partial charge on any atom is 0.433 e. The zero-order valence-corrected chi connectivity index (χ0v) is 22.9. The summed E-state index contributed by atoms with van der Waals surface area (Å²) in [5.74, 6) is -1.60. The Balaban J connectivity index is 1.40. The van der Waals surface area contributed by atoms with Gasteiger partial charge in [0.1, 0.15) is 17.1 Å². The van der Waals surface area contributed by atoms with Crippen LogP contribution in [0.1, 0.15) is 21.6 Å². The largest absolute Gasteiger partial charge is 0.457 e. The molecule has 0 aliphatic rings. The van der Waals surface area contributed by atoms with Gasteiger partial charge in [0.05, 0.1) is 34.1 Å². The molecule has 15 heteroatoms. The number of hydrogen-bond acceptors (Lipinski definition) is 6. The first-order valence-electron chi connectivity index (χ1n) is 13.2. The number of nitro groups is 1. The number of halogens is 6. The summed E-state index contributed by atoms with van der Waals surface area (Å²) < 4.78 is 87.9. The highest BCUT2D eigenvalue weighted by molar-refractivity contribution is 6.08. The minimum absolute atomic E-state index is 0.0849. The number of rotatable bonds is 6. The number of non-ortho nitro benzene ring substituents is 1. The summed E-state index contributed by atoms with van der Waals surface area (Å²) in [6, 6.07) is 19.6. The molecule has 0 aliphatic carbocycles. The first kappa shape index (κ1) is 30.1. The van der Waals surface area contributed by atoms with Crippen LogP contribution in [0.25, 0.3) is 27.7 Å². The quantitative estimate of drug-likeness (QED) is 0.111. The average Bonchev–Trinajstić information content (AvgIpc) is 3.43. The monoisotopic (exact) mass is 637 g/mol. The van der Waals surface area contributed by atoms with Gasteiger partial charge < -0.3 is 10.1 Å². The molecule has 4 aromatic carbocycles. The Kier molecular flexibility index (Phi) is 7.30. The van der Waals surface area contributed by atoms with E-state index in [0.29, 0.717) is 21.5 Å². The van der Waals surface area contributed by atoms with Gasteiger partial charge in [-0.15, -0.1) is 0 Å². The molecule has 6 rings (SSSR count). The number of hydrogen-bond donors (Lipinski definition) is 1. The Labute approximate surface area is 253 Å². The fourth-order valence-electron chi connectivity index (χ4n) is 4.80. The lowest BCUT2D eigenvalue weighted by Crippen LogP contribution is -2.16. The summed E-state index contributed by atoms with van der Waals surface area (Å²) in [5.41, 5.74) is -3.60. The first-order chi connectivity index (χ1) is 21.8. The lowest BCUT2D eigenvalue weighted by molar-refractivity contribution is -0.384. The number of anilines is 1. The number of alkyl halides is 6. The normalized spacial score (nSPS) is 12.0. The number of nitro benzene ring substituents is 1. The predicted molar refractivity (Wildman–Crippen MR) is 153 cm³/mol. The Hall–Kier alpha value is -5.99. The second-order valence-electron chi connectivity index (χ2n) is 9.90. The Morgan fingerprint density at radius 1 is 0.848 bits per heavy atom.